The van der Waals surface area contributed by atoms with E-state index in [0.29, 0.717) is 18.1 Å². The number of methoxy groups -OCH3 is 2. The van der Waals surface area contributed by atoms with Crippen LogP contribution in [0.2, 0.25) is 0 Å². The maximum absolute atomic E-state index is 13.1. The van der Waals surface area contributed by atoms with E-state index in [1.165, 1.54) is 5.57 Å². The molecule has 0 N–H and O–H groups in total. The fourth-order valence-corrected chi connectivity index (χ4v) is 4.69. The van der Waals surface area contributed by atoms with Gasteiger partial charge in [0.05, 0.1) is 14.2 Å². The quantitative estimate of drug-likeness (QED) is 0.761. The Morgan fingerprint density at radius 2 is 1.84 bits per heavy atom. The van der Waals surface area contributed by atoms with Gasteiger partial charge in [0.25, 0.3) is 0 Å². The Morgan fingerprint density at radius 1 is 1.16 bits per heavy atom. The molecule has 0 spiro atoms. The third-order valence-electron chi connectivity index (χ3n) is 5.87. The topological polar surface area (TPSA) is 35.5 Å². The molecular formula is C22H30O3. The zero-order valence-electron chi connectivity index (χ0n) is 16.4. The highest BCUT2D eigenvalue weighted by Crippen LogP contribution is 2.49. The largest absolute Gasteiger partial charge is 0.493 e. The number of hydrogen-bond donors (Lipinski definition) is 0. The van der Waals surface area contributed by atoms with E-state index in [0.717, 1.165) is 47.5 Å². The summed E-state index contributed by atoms with van der Waals surface area (Å²) in [5, 5.41) is 0. The predicted octanol–water partition coefficient (Wildman–Crippen LogP) is 5.16. The van der Waals surface area contributed by atoms with Gasteiger partial charge in [-0.25, -0.2) is 0 Å². The van der Waals surface area contributed by atoms with E-state index in [-0.39, 0.29) is 11.3 Å². The molecule has 1 aromatic rings. The number of rotatable bonds is 3. The van der Waals surface area contributed by atoms with Crippen LogP contribution >= 0.6 is 0 Å². The second kappa shape index (κ2) is 6.51. The fourth-order valence-electron chi connectivity index (χ4n) is 4.69. The minimum Gasteiger partial charge on any atom is -0.493 e. The molecule has 136 valence electrons. The van der Waals surface area contributed by atoms with Gasteiger partial charge < -0.3 is 9.47 Å². The molecule has 1 aromatic carbocycles. The number of ether oxygens (including phenoxy) is 2. The Hall–Kier alpha value is -1.77. The zero-order chi connectivity index (χ0) is 18.4. The fraction of sp³-hybridized carbons (Fsp3) is 0.591. The van der Waals surface area contributed by atoms with E-state index in [1.54, 1.807) is 14.2 Å². The SMILES string of the molecule is COc1c(C(C)C)cc2c(c1OC)C=C1CCCC(C)(C)C1C(=O)C2. The van der Waals surface area contributed by atoms with Crippen LogP contribution in [-0.4, -0.2) is 20.0 Å². The van der Waals surface area contributed by atoms with Gasteiger partial charge in [-0.15, -0.1) is 0 Å². The second-order valence-corrected chi connectivity index (χ2v) is 8.40. The summed E-state index contributed by atoms with van der Waals surface area (Å²) in [5.41, 5.74) is 4.50. The third kappa shape index (κ3) is 2.98. The van der Waals surface area contributed by atoms with Crippen molar-refractivity contribution >= 4 is 11.9 Å². The monoisotopic (exact) mass is 342 g/mol. The Bertz CT molecular complexity index is 725. The number of carbonyl (C=O) groups excluding carboxylic acids is 1. The Labute approximate surface area is 151 Å². The van der Waals surface area contributed by atoms with E-state index < -0.39 is 0 Å². The van der Waals surface area contributed by atoms with Crippen LogP contribution in [0.3, 0.4) is 0 Å². The highest BCUT2D eigenvalue weighted by Gasteiger charge is 2.41. The summed E-state index contributed by atoms with van der Waals surface area (Å²) in [6, 6.07) is 2.15. The Balaban J connectivity index is 2.24. The van der Waals surface area contributed by atoms with Crippen LogP contribution in [0.5, 0.6) is 11.5 Å². The smallest absolute Gasteiger partial charge is 0.168 e. The first kappa shape index (κ1) is 18.0. The van der Waals surface area contributed by atoms with Crippen LogP contribution < -0.4 is 9.47 Å². The molecule has 3 heteroatoms. The van der Waals surface area contributed by atoms with Crippen molar-refractivity contribution in [3.63, 3.8) is 0 Å². The lowest BCUT2D eigenvalue weighted by atomic mass is 9.64. The number of benzene rings is 1. The lowest BCUT2D eigenvalue weighted by Crippen LogP contribution is -2.35. The van der Waals surface area contributed by atoms with Crippen molar-refractivity contribution in [1.82, 2.24) is 0 Å². The van der Waals surface area contributed by atoms with Crippen molar-refractivity contribution in [1.29, 1.82) is 0 Å². The van der Waals surface area contributed by atoms with E-state index >= 15 is 0 Å². The van der Waals surface area contributed by atoms with Gasteiger partial charge in [-0.05, 0) is 36.2 Å². The molecule has 3 rings (SSSR count). The number of hydrogen-bond acceptors (Lipinski definition) is 3. The number of carbonyl (C=O) groups is 1. The standard InChI is InChI=1S/C22H30O3/c1-13(2)16-11-15-12-18(23)19-14(8-7-9-22(19,3)4)10-17(15)21(25-6)20(16)24-5/h10-11,13,19H,7-9,12H2,1-6H3. The van der Waals surface area contributed by atoms with E-state index in [4.69, 9.17) is 9.47 Å². The van der Waals surface area contributed by atoms with Crippen LogP contribution in [0, 0.1) is 11.3 Å². The summed E-state index contributed by atoms with van der Waals surface area (Å²) in [7, 11) is 3.38. The first-order valence-corrected chi connectivity index (χ1v) is 9.31. The second-order valence-electron chi connectivity index (χ2n) is 8.40. The minimum atomic E-state index is 0.0202. The number of Topliss-reactive ketones (excluding diaryl/α,β-unsaturated/α-hetero) is 1. The normalized spacial score (nSPS) is 22.0. The van der Waals surface area contributed by atoms with E-state index in [1.807, 2.05) is 0 Å². The minimum absolute atomic E-state index is 0.0202. The maximum atomic E-state index is 13.1. The predicted molar refractivity (Wildman–Crippen MR) is 101 cm³/mol. The molecule has 1 atom stereocenters. The first-order chi connectivity index (χ1) is 11.8. The van der Waals surface area contributed by atoms with Gasteiger partial charge in [0, 0.05) is 23.5 Å². The molecule has 0 heterocycles. The molecule has 1 unspecified atom stereocenters. The van der Waals surface area contributed by atoms with Gasteiger partial charge in [-0.2, -0.15) is 0 Å². The van der Waals surface area contributed by atoms with Crippen LogP contribution in [0.1, 0.15) is 69.6 Å². The van der Waals surface area contributed by atoms with Crippen molar-refractivity contribution in [2.45, 2.75) is 59.3 Å². The molecule has 0 aromatic heterocycles. The average Bonchev–Trinajstić information content (AvgIpc) is 2.68. The molecule has 3 nitrogen and oxygen atoms in total. The molecule has 0 saturated heterocycles. The summed E-state index contributed by atoms with van der Waals surface area (Å²) in [5.74, 6) is 2.24. The Kier molecular flexibility index (Phi) is 4.70. The van der Waals surface area contributed by atoms with Crippen molar-refractivity contribution in [2.24, 2.45) is 11.3 Å². The Morgan fingerprint density at radius 3 is 2.44 bits per heavy atom. The van der Waals surface area contributed by atoms with Crippen molar-refractivity contribution < 1.29 is 14.3 Å². The highest BCUT2D eigenvalue weighted by molar-refractivity contribution is 5.92. The van der Waals surface area contributed by atoms with E-state index in [2.05, 4.69) is 39.8 Å². The van der Waals surface area contributed by atoms with Crippen molar-refractivity contribution in [2.75, 3.05) is 14.2 Å². The van der Waals surface area contributed by atoms with Crippen molar-refractivity contribution in [3.8, 4) is 11.5 Å². The number of ketones is 1. The van der Waals surface area contributed by atoms with Crippen LogP contribution in [0.4, 0.5) is 0 Å². The summed E-state index contributed by atoms with van der Waals surface area (Å²) in [6.07, 6.45) is 5.94. The van der Waals surface area contributed by atoms with E-state index in [9.17, 15) is 4.79 Å². The van der Waals surface area contributed by atoms with Crippen molar-refractivity contribution in [3.05, 3.63) is 28.3 Å². The molecule has 0 bridgehead atoms. The summed E-state index contributed by atoms with van der Waals surface area (Å²) < 4.78 is 11.5. The molecule has 0 amide bonds. The molecule has 1 fully saturated rings. The summed E-state index contributed by atoms with van der Waals surface area (Å²) in [4.78, 5) is 13.1. The van der Waals surface area contributed by atoms with Crippen LogP contribution in [0.15, 0.2) is 11.6 Å². The van der Waals surface area contributed by atoms with Gasteiger partial charge in [0.15, 0.2) is 11.5 Å². The number of fused-ring (bicyclic) bond motifs is 2. The molecular weight excluding hydrogens is 312 g/mol. The first-order valence-electron chi connectivity index (χ1n) is 9.31. The average molecular weight is 342 g/mol. The van der Waals surface area contributed by atoms with Gasteiger partial charge in [-0.3, -0.25) is 4.79 Å². The lowest BCUT2D eigenvalue weighted by molar-refractivity contribution is -0.124. The number of allylic oxidation sites excluding steroid dienone is 1. The molecule has 2 aliphatic rings. The third-order valence-corrected chi connectivity index (χ3v) is 5.87. The van der Waals surface area contributed by atoms with Crippen LogP contribution in [0.25, 0.3) is 6.08 Å². The molecule has 0 radical (unpaired) electrons. The molecule has 0 aliphatic heterocycles. The zero-order valence-corrected chi connectivity index (χ0v) is 16.4. The van der Waals surface area contributed by atoms with Gasteiger partial charge in [0.2, 0.25) is 0 Å². The van der Waals surface area contributed by atoms with Gasteiger partial charge >= 0.3 is 0 Å². The molecule has 1 saturated carbocycles. The van der Waals surface area contributed by atoms with Crippen LogP contribution in [-0.2, 0) is 11.2 Å². The van der Waals surface area contributed by atoms with Gasteiger partial charge in [-0.1, -0.05) is 45.4 Å². The van der Waals surface area contributed by atoms with Gasteiger partial charge in [0.1, 0.15) is 5.78 Å². The molecule has 2 aliphatic carbocycles. The maximum Gasteiger partial charge on any atom is 0.168 e. The lowest BCUT2D eigenvalue weighted by Gasteiger charge is -2.39. The highest BCUT2D eigenvalue weighted by atomic mass is 16.5. The molecule has 25 heavy (non-hydrogen) atoms. The summed E-state index contributed by atoms with van der Waals surface area (Å²) >= 11 is 0. The summed E-state index contributed by atoms with van der Waals surface area (Å²) in [6.45, 7) is 8.75.